The molecule has 37 heavy (non-hydrogen) atoms. The second kappa shape index (κ2) is 12.0. The monoisotopic (exact) mass is 518 g/mol. The lowest BCUT2D eigenvalue weighted by Crippen LogP contribution is -2.47. The highest BCUT2D eigenvalue weighted by Crippen LogP contribution is 2.33. The van der Waals surface area contributed by atoms with Crippen molar-refractivity contribution in [2.24, 2.45) is 0 Å². The van der Waals surface area contributed by atoms with Gasteiger partial charge in [0.1, 0.15) is 17.7 Å². The van der Waals surface area contributed by atoms with Crippen molar-refractivity contribution in [1.29, 1.82) is 5.26 Å². The van der Waals surface area contributed by atoms with Crippen LogP contribution in [-0.4, -0.2) is 82.7 Å². The molecule has 0 unspecified atom stereocenters. The zero-order valence-electron chi connectivity index (χ0n) is 21.1. The van der Waals surface area contributed by atoms with Crippen LogP contribution in [0.25, 0.3) is 0 Å². The van der Waals surface area contributed by atoms with Gasteiger partial charge in [-0.25, -0.2) is 13.6 Å². The highest BCUT2D eigenvalue weighted by molar-refractivity contribution is 6.41. The van der Waals surface area contributed by atoms with Gasteiger partial charge in [0.05, 0.1) is 19.1 Å². The number of benzene rings is 1. The summed E-state index contributed by atoms with van der Waals surface area (Å²) in [7, 11) is -1.64. The Kier molecular flexibility index (Phi) is 9.28. The maximum atomic E-state index is 13.7. The molecule has 0 aromatic heterocycles. The van der Waals surface area contributed by atoms with Gasteiger partial charge in [-0.3, -0.25) is 9.69 Å². The van der Waals surface area contributed by atoms with Gasteiger partial charge in [-0.05, 0) is 38.3 Å². The molecule has 2 heterocycles. The number of carbonyl (C=O) groups is 2. The van der Waals surface area contributed by atoms with Crippen LogP contribution in [0.2, 0.25) is 6.32 Å². The van der Waals surface area contributed by atoms with E-state index < -0.39 is 49.3 Å². The first-order valence-electron chi connectivity index (χ1n) is 12.3. The number of rotatable bonds is 8. The van der Waals surface area contributed by atoms with Crippen molar-refractivity contribution in [2.45, 2.75) is 63.0 Å². The van der Waals surface area contributed by atoms with Gasteiger partial charge in [-0.15, -0.1) is 0 Å². The Morgan fingerprint density at radius 3 is 2.62 bits per heavy atom. The van der Waals surface area contributed by atoms with Crippen LogP contribution in [0.15, 0.2) is 42.0 Å². The molecule has 3 rings (SSSR count). The molecule has 0 aliphatic carbocycles. The fourth-order valence-corrected chi connectivity index (χ4v) is 4.71. The van der Waals surface area contributed by atoms with Crippen LogP contribution in [0.4, 0.5) is 13.6 Å². The highest BCUT2D eigenvalue weighted by Gasteiger charge is 2.43. The zero-order chi connectivity index (χ0) is 27.2. The number of hydrogen-bond donors (Lipinski definition) is 3. The minimum Gasteiger partial charge on any atom is -0.444 e. The quantitative estimate of drug-likeness (QED) is 0.274. The summed E-state index contributed by atoms with van der Waals surface area (Å²) < 4.78 is 32.9. The van der Waals surface area contributed by atoms with E-state index in [1.165, 1.54) is 11.0 Å². The summed E-state index contributed by atoms with van der Waals surface area (Å²) in [5, 5.41) is 31.1. The molecule has 2 atom stereocenters. The molecule has 2 saturated heterocycles. The van der Waals surface area contributed by atoms with Crippen molar-refractivity contribution in [3.8, 4) is 6.07 Å². The van der Waals surface area contributed by atoms with E-state index in [0.717, 1.165) is 0 Å². The topological polar surface area (TPSA) is 126 Å². The largest absolute Gasteiger partial charge is 0.453 e. The first-order chi connectivity index (χ1) is 17.4. The number of piperidine rings is 1. The second-order valence-electron chi connectivity index (χ2n) is 10.1. The molecule has 0 saturated carbocycles. The summed E-state index contributed by atoms with van der Waals surface area (Å²) in [4.78, 5) is 28.7. The normalized spacial score (nSPS) is 21.2. The van der Waals surface area contributed by atoms with Gasteiger partial charge >= 0.3 is 13.2 Å². The maximum Gasteiger partial charge on any atom is 0.453 e. The Morgan fingerprint density at radius 1 is 1.32 bits per heavy atom. The van der Waals surface area contributed by atoms with E-state index in [0.29, 0.717) is 24.9 Å². The summed E-state index contributed by atoms with van der Waals surface area (Å²) in [6, 6.07) is 10.0. The van der Waals surface area contributed by atoms with Crippen molar-refractivity contribution < 1.29 is 33.2 Å². The van der Waals surface area contributed by atoms with E-state index in [-0.39, 0.29) is 31.4 Å². The summed E-state index contributed by atoms with van der Waals surface area (Å²) >= 11 is 0. The molecule has 3 N–H and O–H groups in total. The molecule has 2 amide bonds. The number of hydrogen-bond acceptors (Lipinski definition) is 7. The Morgan fingerprint density at radius 2 is 2.03 bits per heavy atom. The number of nitrogens with zero attached hydrogens (tertiary/aromatic N) is 3. The zero-order valence-corrected chi connectivity index (χ0v) is 21.1. The number of alkyl halides is 2. The Labute approximate surface area is 215 Å². The fourth-order valence-electron chi connectivity index (χ4n) is 4.71. The SMILES string of the molecule is CC(C)(C=C(C#N)C(=O)N1CCC[C@@H](OC(=O)N[C@H](CB(O)O)c2ccccc2)C1)N1CCC(F)(F)C1. The summed E-state index contributed by atoms with van der Waals surface area (Å²) in [6.45, 7) is 3.55. The molecule has 2 aliphatic rings. The van der Waals surface area contributed by atoms with E-state index >= 15 is 0 Å². The number of alkyl carbamates (subject to hydrolysis) is 1. The first kappa shape index (κ1) is 28.6. The number of carbonyl (C=O) groups excluding carboxylic acids is 2. The number of halogens is 2. The van der Waals surface area contributed by atoms with E-state index in [1.54, 1.807) is 49.1 Å². The maximum absolute atomic E-state index is 13.7. The summed E-state index contributed by atoms with van der Waals surface area (Å²) in [6.07, 6.45) is 0.689. The highest BCUT2D eigenvalue weighted by atomic mass is 19.3. The molecule has 9 nitrogen and oxygen atoms in total. The van der Waals surface area contributed by atoms with Crippen LogP contribution >= 0.6 is 0 Å². The van der Waals surface area contributed by atoms with E-state index in [2.05, 4.69) is 5.32 Å². The van der Waals surface area contributed by atoms with Crippen molar-refractivity contribution in [3.63, 3.8) is 0 Å². The number of nitrogens with one attached hydrogen (secondary N) is 1. The van der Waals surface area contributed by atoms with Gasteiger partial charge in [-0.1, -0.05) is 30.3 Å². The van der Waals surface area contributed by atoms with E-state index in [1.807, 2.05) is 6.07 Å². The molecule has 1 aromatic carbocycles. The average Bonchev–Trinajstić information content (AvgIpc) is 3.22. The Bertz CT molecular complexity index is 1030. The van der Waals surface area contributed by atoms with Gasteiger partial charge in [0.15, 0.2) is 0 Å². The molecule has 1 aromatic rings. The van der Waals surface area contributed by atoms with Gasteiger partial charge in [0.2, 0.25) is 0 Å². The molecule has 0 spiro atoms. The average molecular weight is 518 g/mol. The van der Waals surface area contributed by atoms with Crippen molar-refractivity contribution in [1.82, 2.24) is 15.1 Å². The molecular formula is C25H33BF2N4O5. The van der Waals surface area contributed by atoms with Gasteiger partial charge < -0.3 is 25.0 Å². The van der Waals surface area contributed by atoms with Crippen LogP contribution in [0.1, 0.15) is 44.7 Å². The van der Waals surface area contributed by atoms with Gasteiger partial charge in [0.25, 0.3) is 11.8 Å². The van der Waals surface area contributed by atoms with Crippen LogP contribution < -0.4 is 5.32 Å². The second-order valence-corrected chi connectivity index (χ2v) is 10.1. The van der Waals surface area contributed by atoms with E-state index in [4.69, 9.17) is 4.74 Å². The Hall–Kier alpha value is -3.01. The first-order valence-corrected chi connectivity index (χ1v) is 12.3. The predicted octanol–water partition coefficient (Wildman–Crippen LogP) is 2.49. The lowest BCUT2D eigenvalue weighted by Gasteiger charge is -2.35. The van der Waals surface area contributed by atoms with Crippen LogP contribution in [0.5, 0.6) is 0 Å². The van der Waals surface area contributed by atoms with Crippen molar-refractivity contribution in [3.05, 3.63) is 47.5 Å². The predicted molar refractivity (Wildman–Crippen MR) is 132 cm³/mol. The molecule has 2 aliphatic heterocycles. The third kappa shape index (κ3) is 7.99. The number of amides is 2. The van der Waals surface area contributed by atoms with Crippen molar-refractivity contribution in [2.75, 3.05) is 26.2 Å². The lowest BCUT2D eigenvalue weighted by atomic mass is 9.79. The number of ether oxygens (including phenoxy) is 1. The van der Waals surface area contributed by atoms with Gasteiger partial charge in [-0.2, -0.15) is 5.26 Å². The van der Waals surface area contributed by atoms with Crippen LogP contribution in [0.3, 0.4) is 0 Å². The van der Waals surface area contributed by atoms with Gasteiger partial charge in [0, 0.05) is 31.4 Å². The van der Waals surface area contributed by atoms with E-state index in [9.17, 15) is 33.7 Å². The molecular weight excluding hydrogens is 485 g/mol. The minimum absolute atomic E-state index is 0.0755. The standard InChI is InChI=1S/C25H33BF2N4O5/c1-24(2,32-12-10-25(27,28)17-32)13-19(15-29)22(33)31-11-6-9-20(16-31)37-23(34)30-21(14-26(35)36)18-7-4-3-5-8-18/h3-5,7-8,13,20-21,35-36H,6,9-12,14,16-17H2,1-2H3,(H,30,34)/t20-,21-/m1/s1. The smallest absolute Gasteiger partial charge is 0.444 e. The minimum atomic E-state index is -2.80. The van der Waals surface area contributed by atoms with Crippen LogP contribution in [0, 0.1) is 11.3 Å². The lowest BCUT2D eigenvalue weighted by molar-refractivity contribution is -0.129. The van der Waals surface area contributed by atoms with Crippen LogP contribution in [-0.2, 0) is 9.53 Å². The Balaban J connectivity index is 1.62. The number of nitriles is 1. The fraction of sp³-hybridized carbons (Fsp3) is 0.560. The third-order valence-corrected chi connectivity index (χ3v) is 6.71. The summed E-state index contributed by atoms with van der Waals surface area (Å²) in [5.41, 5.74) is -0.391. The number of likely N-dealkylation sites (tertiary alicyclic amines) is 2. The van der Waals surface area contributed by atoms with Crippen molar-refractivity contribution >= 4 is 19.1 Å². The molecule has 0 radical (unpaired) electrons. The molecule has 200 valence electrons. The molecule has 0 bridgehead atoms. The third-order valence-electron chi connectivity index (χ3n) is 6.71. The summed E-state index contributed by atoms with van der Waals surface area (Å²) in [5.74, 6) is -3.34. The molecule has 2 fully saturated rings. The molecule has 12 heteroatoms.